The Hall–Kier alpha value is -3.87. The molecule has 27 heavy (non-hydrogen) atoms. The van der Waals surface area contributed by atoms with Gasteiger partial charge >= 0.3 is 0 Å². The van der Waals surface area contributed by atoms with E-state index in [2.05, 4.69) is 25.4 Å². The summed E-state index contributed by atoms with van der Waals surface area (Å²) in [6.45, 7) is 0.469. The molecule has 3 aromatic heterocycles. The van der Waals surface area contributed by atoms with Gasteiger partial charge in [-0.05, 0) is 35.9 Å². The van der Waals surface area contributed by atoms with E-state index in [9.17, 15) is 4.79 Å². The maximum Gasteiger partial charge on any atom is 0.281 e. The van der Waals surface area contributed by atoms with Crippen molar-refractivity contribution in [3.63, 3.8) is 0 Å². The summed E-state index contributed by atoms with van der Waals surface area (Å²) in [7, 11) is 0. The average Bonchev–Trinajstić information content (AvgIpc) is 3.18. The van der Waals surface area contributed by atoms with E-state index in [1.165, 1.54) is 4.68 Å². The lowest BCUT2D eigenvalue weighted by Crippen LogP contribution is -2.17. The predicted molar refractivity (Wildman–Crippen MR) is 101 cm³/mol. The van der Waals surface area contributed by atoms with Crippen LogP contribution < -0.4 is 5.32 Å². The third-order valence-corrected chi connectivity index (χ3v) is 3.89. The second-order valence-corrected chi connectivity index (χ2v) is 5.77. The number of carbonyl (C=O) groups excluding carboxylic acids is 1. The molecule has 0 aliphatic heterocycles. The first-order chi connectivity index (χ1) is 13.3. The maximum absolute atomic E-state index is 12.9. The van der Waals surface area contributed by atoms with Crippen molar-refractivity contribution in [2.45, 2.75) is 6.54 Å². The van der Waals surface area contributed by atoms with Crippen molar-refractivity contribution in [3.8, 4) is 11.5 Å². The van der Waals surface area contributed by atoms with Crippen LogP contribution in [0.5, 0.6) is 0 Å². The highest BCUT2D eigenvalue weighted by Gasteiger charge is 2.19. The molecule has 0 aliphatic carbocycles. The molecule has 0 unspecified atom stereocenters. The zero-order chi connectivity index (χ0) is 18.5. The van der Waals surface area contributed by atoms with Crippen LogP contribution >= 0.6 is 0 Å². The second-order valence-electron chi connectivity index (χ2n) is 5.77. The number of hydrogen-bond acceptors (Lipinski definition) is 6. The largest absolute Gasteiger partial charge is 0.350 e. The van der Waals surface area contributed by atoms with Crippen LogP contribution in [0.2, 0.25) is 0 Å². The summed E-state index contributed by atoms with van der Waals surface area (Å²) in [4.78, 5) is 25.8. The molecule has 4 rings (SSSR count). The average molecular weight is 356 g/mol. The molecule has 0 atom stereocenters. The molecule has 0 bridgehead atoms. The van der Waals surface area contributed by atoms with Crippen LogP contribution in [0, 0.1) is 0 Å². The minimum absolute atomic E-state index is 0.265. The number of rotatable bonds is 5. The van der Waals surface area contributed by atoms with E-state index in [1.54, 1.807) is 36.8 Å². The first-order valence-electron chi connectivity index (χ1n) is 8.42. The fourth-order valence-electron chi connectivity index (χ4n) is 2.56. The van der Waals surface area contributed by atoms with E-state index < -0.39 is 0 Å². The summed E-state index contributed by atoms with van der Waals surface area (Å²) >= 11 is 0. The fourth-order valence-corrected chi connectivity index (χ4v) is 2.56. The van der Waals surface area contributed by atoms with Crippen LogP contribution in [0.1, 0.15) is 15.9 Å². The van der Waals surface area contributed by atoms with Gasteiger partial charge in [0.05, 0.1) is 0 Å². The summed E-state index contributed by atoms with van der Waals surface area (Å²) in [5.41, 5.74) is 2.10. The predicted octanol–water partition coefficient (Wildman–Crippen LogP) is 3.04. The van der Waals surface area contributed by atoms with Crippen molar-refractivity contribution >= 4 is 11.9 Å². The van der Waals surface area contributed by atoms with E-state index in [0.29, 0.717) is 29.6 Å². The third kappa shape index (κ3) is 3.72. The van der Waals surface area contributed by atoms with E-state index >= 15 is 0 Å². The number of hydrogen-bond donors (Lipinski definition) is 1. The summed E-state index contributed by atoms with van der Waals surface area (Å²) in [6.07, 6.45) is 5.13. The molecule has 132 valence electrons. The highest BCUT2D eigenvalue weighted by Crippen LogP contribution is 2.17. The molecule has 7 nitrogen and oxygen atoms in total. The molecule has 3 heterocycles. The van der Waals surface area contributed by atoms with Gasteiger partial charge in [-0.1, -0.05) is 30.3 Å². The number of anilines is 1. The van der Waals surface area contributed by atoms with Gasteiger partial charge in [-0.15, -0.1) is 5.10 Å². The van der Waals surface area contributed by atoms with E-state index in [0.717, 1.165) is 5.56 Å². The number of pyridine rings is 2. The fraction of sp³-hybridized carbons (Fsp3) is 0.0500. The smallest absolute Gasteiger partial charge is 0.281 e. The van der Waals surface area contributed by atoms with Gasteiger partial charge in [0.2, 0.25) is 11.8 Å². The van der Waals surface area contributed by atoms with Gasteiger partial charge in [0.1, 0.15) is 5.69 Å². The Morgan fingerprint density at radius 3 is 2.56 bits per heavy atom. The monoisotopic (exact) mass is 356 g/mol. The molecule has 4 aromatic rings. The highest BCUT2D eigenvalue weighted by molar-refractivity contribution is 5.97. The lowest BCUT2D eigenvalue weighted by molar-refractivity contribution is 0.0947. The molecule has 0 aliphatic rings. The maximum atomic E-state index is 12.9. The van der Waals surface area contributed by atoms with Gasteiger partial charge in [-0.3, -0.25) is 14.8 Å². The lowest BCUT2D eigenvalue weighted by atomic mass is 10.2. The Morgan fingerprint density at radius 2 is 1.81 bits per heavy atom. The van der Waals surface area contributed by atoms with Gasteiger partial charge in [0.25, 0.3) is 5.91 Å². The Kier molecular flexibility index (Phi) is 4.65. The molecule has 0 saturated heterocycles. The first kappa shape index (κ1) is 16.6. The standard InChI is InChI=1S/C20H16N6O/c27-19(16-8-2-1-3-9-16)26-20(23-14-15-7-6-11-21-13-15)24-18(25-26)17-10-4-5-12-22-17/h1-13H,14H2,(H,23,24,25). The van der Waals surface area contributed by atoms with Crippen molar-refractivity contribution in [3.05, 3.63) is 90.4 Å². The quantitative estimate of drug-likeness (QED) is 0.591. The molecule has 0 saturated carbocycles. The second kappa shape index (κ2) is 7.57. The van der Waals surface area contributed by atoms with Gasteiger partial charge in [-0.2, -0.15) is 9.67 Å². The molecule has 7 heteroatoms. The molecule has 0 radical (unpaired) electrons. The number of nitrogens with one attached hydrogen (secondary N) is 1. The number of aromatic nitrogens is 5. The van der Waals surface area contributed by atoms with Crippen LogP contribution in [0.15, 0.2) is 79.3 Å². The SMILES string of the molecule is O=C(c1ccccc1)n1nc(-c2ccccn2)nc1NCc1cccnc1. The van der Waals surface area contributed by atoms with E-state index in [4.69, 9.17) is 0 Å². The topological polar surface area (TPSA) is 85.6 Å². The lowest BCUT2D eigenvalue weighted by Gasteiger charge is -2.07. The summed E-state index contributed by atoms with van der Waals surface area (Å²) in [5.74, 6) is 0.473. The van der Waals surface area contributed by atoms with E-state index in [-0.39, 0.29) is 5.91 Å². The van der Waals surface area contributed by atoms with Crippen molar-refractivity contribution in [2.75, 3.05) is 5.32 Å². The van der Waals surface area contributed by atoms with Crippen LogP contribution in [0.25, 0.3) is 11.5 Å². The summed E-state index contributed by atoms with van der Waals surface area (Å²) < 4.78 is 1.27. The van der Waals surface area contributed by atoms with E-state index in [1.807, 2.05) is 42.5 Å². The first-order valence-corrected chi connectivity index (χ1v) is 8.42. The number of nitrogens with zero attached hydrogens (tertiary/aromatic N) is 5. The Labute approximate surface area is 155 Å². The Morgan fingerprint density at radius 1 is 0.963 bits per heavy atom. The van der Waals surface area contributed by atoms with Gasteiger partial charge < -0.3 is 5.32 Å². The Bertz CT molecular complexity index is 1030. The van der Waals surface area contributed by atoms with Gasteiger partial charge in [0.15, 0.2) is 0 Å². The molecular weight excluding hydrogens is 340 g/mol. The highest BCUT2D eigenvalue weighted by atomic mass is 16.2. The van der Waals surface area contributed by atoms with Crippen molar-refractivity contribution in [1.29, 1.82) is 0 Å². The molecule has 1 aromatic carbocycles. The van der Waals surface area contributed by atoms with Crippen LogP contribution in [-0.4, -0.2) is 30.6 Å². The summed E-state index contributed by atoms with van der Waals surface area (Å²) in [5, 5.41) is 7.56. The van der Waals surface area contributed by atoms with Crippen molar-refractivity contribution in [2.24, 2.45) is 0 Å². The van der Waals surface area contributed by atoms with Gasteiger partial charge in [-0.25, -0.2) is 0 Å². The number of carbonyl (C=O) groups is 1. The third-order valence-electron chi connectivity index (χ3n) is 3.89. The zero-order valence-electron chi connectivity index (χ0n) is 14.4. The van der Waals surface area contributed by atoms with Crippen LogP contribution in [-0.2, 0) is 6.54 Å². The molecule has 1 N–H and O–H groups in total. The van der Waals surface area contributed by atoms with Crippen LogP contribution in [0.4, 0.5) is 5.95 Å². The van der Waals surface area contributed by atoms with Gasteiger partial charge in [0, 0.05) is 30.7 Å². The van der Waals surface area contributed by atoms with Crippen LogP contribution in [0.3, 0.4) is 0 Å². The normalized spacial score (nSPS) is 10.5. The molecule has 0 spiro atoms. The molecule has 0 amide bonds. The van der Waals surface area contributed by atoms with Crippen molar-refractivity contribution < 1.29 is 4.79 Å². The minimum atomic E-state index is -0.265. The minimum Gasteiger partial charge on any atom is -0.350 e. The number of benzene rings is 1. The molecular formula is C20H16N6O. The zero-order valence-corrected chi connectivity index (χ0v) is 14.4. The Balaban J connectivity index is 1.69. The summed E-state index contributed by atoms with van der Waals surface area (Å²) in [6, 6.07) is 18.2. The van der Waals surface area contributed by atoms with Crippen molar-refractivity contribution in [1.82, 2.24) is 24.7 Å². The molecule has 0 fully saturated rings.